The summed E-state index contributed by atoms with van der Waals surface area (Å²) in [6.45, 7) is 2.21. The first-order valence-electron chi connectivity index (χ1n) is 6.43. The van der Waals surface area contributed by atoms with E-state index in [2.05, 4.69) is 17.0 Å². The molecule has 3 nitrogen and oxygen atoms in total. The van der Waals surface area contributed by atoms with Crippen LogP contribution >= 0.6 is 0 Å². The van der Waals surface area contributed by atoms with Gasteiger partial charge in [0.2, 0.25) is 0 Å². The fourth-order valence-electron chi connectivity index (χ4n) is 1.72. The first-order chi connectivity index (χ1) is 8.20. The molecule has 0 heterocycles. The molecule has 0 aliphatic carbocycles. The van der Waals surface area contributed by atoms with Crippen molar-refractivity contribution < 1.29 is 12.9 Å². The number of terminal acetylenes is 1. The van der Waals surface area contributed by atoms with Gasteiger partial charge in [0.1, 0.15) is 6.10 Å². The zero-order chi connectivity index (χ0) is 12.9. The zero-order valence-corrected chi connectivity index (χ0v) is 11.5. The van der Waals surface area contributed by atoms with Gasteiger partial charge >= 0.3 is 0 Å². The molecule has 0 N–H and O–H groups in total. The Morgan fingerprint density at radius 1 is 1.18 bits per heavy atom. The van der Waals surface area contributed by atoms with Crippen molar-refractivity contribution in [1.29, 1.82) is 0 Å². The maximum Gasteiger partial charge on any atom is 0.134 e. The van der Waals surface area contributed by atoms with E-state index in [1.165, 1.54) is 38.5 Å². The average Bonchev–Trinajstić information content (AvgIpc) is 2.30. The Morgan fingerprint density at radius 3 is 2.18 bits per heavy atom. The molecule has 0 aliphatic rings. The van der Waals surface area contributed by atoms with E-state index >= 15 is 0 Å². The molecule has 0 rings (SSSR count). The highest BCUT2D eigenvalue weighted by Gasteiger charge is 2.04. The Kier molecular flexibility index (Phi) is 11.8. The summed E-state index contributed by atoms with van der Waals surface area (Å²) in [4.78, 5) is 0. The molecule has 0 bridgehead atoms. The van der Waals surface area contributed by atoms with Crippen molar-refractivity contribution in [3.05, 3.63) is 0 Å². The van der Waals surface area contributed by atoms with Gasteiger partial charge in [0.15, 0.2) is 0 Å². The maximum absolute atomic E-state index is 10.3. The minimum atomic E-state index is -2.50. The molecule has 2 atom stereocenters. The van der Waals surface area contributed by atoms with Crippen molar-refractivity contribution in [3.8, 4) is 12.3 Å². The summed E-state index contributed by atoms with van der Waals surface area (Å²) < 4.78 is 25.1. The van der Waals surface area contributed by atoms with E-state index in [0.717, 1.165) is 12.8 Å². The fraction of sp³-hybridized carbons (Fsp3) is 0.846. The van der Waals surface area contributed by atoms with Crippen molar-refractivity contribution in [2.24, 2.45) is 0 Å². The molecule has 100 valence electrons. The maximum atomic E-state index is 10.3. The highest BCUT2D eigenvalue weighted by molar-refractivity contribution is 7.74. The second-order valence-corrected chi connectivity index (χ2v) is 4.82. The van der Waals surface area contributed by atoms with Gasteiger partial charge in [-0.1, -0.05) is 57.8 Å². The highest BCUT2D eigenvalue weighted by Crippen LogP contribution is 2.11. The summed E-state index contributed by atoms with van der Waals surface area (Å²) in [6, 6.07) is 0. The molecular weight excluding hydrogens is 236 g/mol. The Labute approximate surface area is 108 Å². The van der Waals surface area contributed by atoms with Crippen molar-refractivity contribution in [1.82, 2.24) is 0 Å². The van der Waals surface area contributed by atoms with Crippen molar-refractivity contribution in [3.63, 3.8) is 0 Å². The Balaban J connectivity index is 3.32. The molecule has 0 aliphatic heterocycles. The Hall–Kier alpha value is -0.370. The van der Waals surface area contributed by atoms with E-state index in [0.29, 0.717) is 6.42 Å². The van der Waals surface area contributed by atoms with E-state index in [1.54, 1.807) is 0 Å². The molecule has 17 heavy (non-hydrogen) atoms. The van der Waals surface area contributed by atoms with Gasteiger partial charge in [0.25, 0.3) is 0 Å². The van der Waals surface area contributed by atoms with E-state index in [-0.39, 0.29) is 0 Å². The molecule has 0 aromatic rings. The van der Waals surface area contributed by atoms with Gasteiger partial charge in [0, 0.05) is 0 Å². The second kappa shape index (κ2) is 12.1. The molecule has 4 heteroatoms. The Bertz CT molecular complexity index is 235. The van der Waals surface area contributed by atoms with Gasteiger partial charge in [-0.2, -0.15) is 0 Å². The zero-order valence-electron chi connectivity index (χ0n) is 10.7. The lowest BCUT2D eigenvalue weighted by molar-refractivity contribution is 0.237. The standard InChI is InChI=1S/C13H24O3S/c1-3-5-6-7-8-9-10-11-12-13(4-2)16-17(14)15/h2,13H,3,5-12H2,1H3,(H,14,15)/p-1. The van der Waals surface area contributed by atoms with Crippen molar-refractivity contribution in [2.45, 2.75) is 70.8 Å². The van der Waals surface area contributed by atoms with Crippen LogP contribution in [0, 0.1) is 12.3 Å². The van der Waals surface area contributed by atoms with Gasteiger partial charge in [-0.05, 0) is 12.8 Å². The fourth-order valence-corrected chi connectivity index (χ4v) is 2.06. The normalized spacial score (nSPS) is 14.2. The van der Waals surface area contributed by atoms with Crippen LogP contribution in [0.2, 0.25) is 0 Å². The molecule has 0 fully saturated rings. The minimum Gasteiger partial charge on any atom is -0.750 e. The van der Waals surface area contributed by atoms with Gasteiger partial charge < -0.3 is 4.55 Å². The van der Waals surface area contributed by atoms with Crippen LogP contribution in [0.3, 0.4) is 0 Å². The quantitative estimate of drug-likeness (QED) is 0.325. The SMILES string of the molecule is C#CC(CCCCCCCCCC)OS(=O)[O-]. The van der Waals surface area contributed by atoms with E-state index in [9.17, 15) is 8.76 Å². The molecule has 0 amide bonds. The van der Waals surface area contributed by atoms with Crippen LogP contribution in [-0.2, 0) is 15.5 Å². The third-order valence-electron chi connectivity index (χ3n) is 2.70. The largest absolute Gasteiger partial charge is 0.750 e. The lowest BCUT2D eigenvalue weighted by atomic mass is 10.1. The number of rotatable bonds is 11. The monoisotopic (exact) mass is 259 g/mol. The molecular formula is C13H23O3S-. The van der Waals surface area contributed by atoms with Crippen LogP contribution in [-0.4, -0.2) is 14.9 Å². The minimum absolute atomic E-state index is 0.589. The van der Waals surface area contributed by atoms with E-state index < -0.39 is 17.5 Å². The smallest absolute Gasteiger partial charge is 0.134 e. The van der Waals surface area contributed by atoms with Crippen LogP contribution < -0.4 is 0 Å². The van der Waals surface area contributed by atoms with Gasteiger partial charge in [0.05, 0.1) is 11.4 Å². The van der Waals surface area contributed by atoms with Gasteiger partial charge in [-0.3, -0.25) is 4.18 Å². The summed E-state index contributed by atoms with van der Waals surface area (Å²) >= 11 is -2.50. The summed E-state index contributed by atoms with van der Waals surface area (Å²) in [5.74, 6) is 2.34. The van der Waals surface area contributed by atoms with Crippen LogP contribution in [0.1, 0.15) is 64.7 Å². The second-order valence-electron chi connectivity index (χ2n) is 4.22. The van der Waals surface area contributed by atoms with E-state index in [4.69, 9.17) is 6.42 Å². The average molecular weight is 259 g/mol. The van der Waals surface area contributed by atoms with Crippen LogP contribution in [0.5, 0.6) is 0 Å². The van der Waals surface area contributed by atoms with Crippen LogP contribution in [0.25, 0.3) is 0 Å². The Morgan fingerprint density at radius 2 is 1.71 bits per heavy atom. The lowest BCUT2D eigenvalue weighted by Gasteiger charge is -2.12. The third kappa shape index (κ3) is 11.9. The van der Waals surface area contributed by atoms with Gasteiger partial charge in [-0.25, -0.2) is 4.21 Å². The first-order valence-corrected chi connectivity index (χ1v) is 7.43. The van der Waals surface area contributed by atoms with E-state index in [1.807, 2.05) is 0 Å². The molecule has 2 unspecified atom stereocenters. The number of hydrogen-bond acceptors (Lipinski definition) is 3. The molecule has 0 radical (unpaired) electrons. The van der Waals surface area contributed by atoms with Crippen LogP contribution in [0.15, 0.2) is 0 Å². The summed E-state index contributed by atoms with van der Waals surface area (Å²) in [6.07, 6.45) is 14.9. The highest BCUT2D eigenvalue weighted by atomic mass is 32.2. The lowest BCUT2D eigenvalue weighted by Crippen LogP contribution is -2.11. The third-order valence-corrected chi connectivity index (χ3v) is 3.09. The number of unbranched alkanes of at least 4 members (excludes halogenated alkanes) is 7. The summed E-state index contributed by atoms with van der Waals surface area (Å²) in [5, 5.41) is 0. The van der Waals surface area contributed by atoms with Gasteiger partial charge in [-0.15, -0.1) is 6.42 Å². The first kappa shape index (κ1) is 16.6. The predicted octanol–water partition coefficient (Wildman–Crippen LogP) is 3.33. The predicted molar refractivity (Wildman–Crippen MR) is 69.9 cm³/mol. The summed E-state index contributed by atoms with van der Waals surface area (Å²) in [5.41, 5.74) is 0. The van der Waals surface area contributed by atoms with Crippen LogP contribution in [0.4, 0.5) is 0 Å². The summed E-state index contributed by atoms with van der Waals surface area (Å²) in [7, 11) is 0. The van der Waals surface area contributed by atoms with Crippen molar-refractivity contribution in [2.75, 3.05) is 0 Å². The molecule has 0 aromatic heterocycles. The number of hydrogen-bond donors (Lipinski definition) is 0. The topological polar surface area (TPSA) is 49.4 Å². The molecule has 0 saturated carbocycles. The molecule has 0 spiro atoms. The van der Waals surface area contributed by atoms with Crippen molar-refractivity contribution >= 4 is 11.4 Å². The molecule has 0 saturated heterocycles. The molecule has 0 aromatic carbocycles.